The van der Waals surface area contributed by atoms with Gasteiger partial charge in [-0.05, 0) is 49.9 Å². The van der Waals surface area contributed by atoms with Crippen LogP contribution in [0.15, 0.2) is 36.8 Å². The molecular formula is C18H23N3O. The second-order valence-corrected chi connectivity index (χ2v) is 6.48. The maximum Gasteiger partial charge on any atom is 0.119 e. The first kappa shape index (κ1) is 13.8. The van der Waals surface area contributed by atoms with Crippen molar-refractivity contribution in [3.8, 4) is 17.0 Å². The van der Waals surface area contributed by atoms with Gasteiger partial charge in [0.2, 0.25) is 0 Å². The van der Waals surface area contributed by atoms with Crippen LogP contribution in [0, 0.1) is 5.92 Å². The van der Waals surface area contributed by atoms with Crippen LogP contribution in [0.2, 0.25) is 0 Å². The van der Waals surface area contributed by atoms with Gasteiger partial charge in [-0.25, -0.2) is 4.98 Å². The minimum Gasteiger partial charge on any atom is -0.492 e. The zero-order chi connectivity index (χ0) is 14.9. The van der Waals surface area contributed by atoms with Crippen LogP contribution < -0.4 is 4.74 Å². The number of imidazole rings is 1. The van der Waals surface area contributed by atoms with E-state index in [1.54, 1.807) is 0 Å². The molecule has 2 atom stereocenters. The lowest BCUT2D eigenvalue weighted by molar-refractivity contribution is 0.292. The van der Waals surface area contributed by atoms with E-state index in [1.165, 1.54) is 25.9 Å². The van der Waals surface area contributed by atoms with E-state index in [4.69, 9.17) is 4.74 Å². The molecule has 4 heteroatoms. The molecule has 1 saturated carbocycles. The average molecular weight is 297 g/mol. The van der Waals surface area contributed by atoms with Crippen molar-refractivity contribution in [1.82, 2.24) is 14.5 Å². The van der Waals surface area contributed by atoms with Crippen LogP contribution in [0.3, 0.4) is 0 Å². The Kier molecular flexibility index (Phi) is 3.62. The Morgan fingerprint density at radius 2 is 2.05 bits per heavy atom. The Balaban J connectivity index is 1.30. The highest BCUT2D eigenvalue weighted by atomic mass is 16.5. The van der Waals surface area contributed by atoms with Gasteiger partial charge in [0.1, 0.15) is 12.4 Å². The van der Waals surface area contributed by atoms with Gasteiger partial charge in [0.05, 0.1) is 18.1 Å². The predicted octanol–water partition coefficient (Wildman–Crippen LogP) is 3.04. The van der Waals surface area contributed by atoms with E-state index in [-0.39, 0.29) is 0 Å². The van der Waals surface area contributed by atoms with Crippen molar-refractivity contribution >= 4 is 0 Å². The molecule has 22 heavy (non-hydrogen) atoms. The van der Waals surface area contributed by atoms with Crippen molar-refractivity contribution in [2.24, 2.45) is 5.92 Å². The molecule has 1 saturated heterocycles. The molecule has 0 N–H and O–H groups in total. The summed E-state index contributed by atoms with van der Waals surface area (Å²) in [6.45, 7) is 6.38. The monoisotopic (exact) mass is 297 g/mol. The normalized spacial score (nSPS) is 23.5. The lowest BCUT2D eigenvalue weighted by atomic mass is 10.1. The number of aromatic nitrogens is 2. The van der Waals surface area contributed by atoms with E-state index in [2.05, 4.69) is 39.7 Å². The highest BCUT2D eigenvalue weighted by Crippen LogP contribution is 2.33. The van der Waals surface area contributed by atoms with E-state index in [0.29, 0.717) is 6.04 Å². The van der Waals surface area contributed by atoms with Crippen LogP contribution in [0.25, 0.3) is 11.3 Å². The maximum atomic E-state index is 5.91. The van der Waals surface area contributed by atoms with Crippen molar-refractivity contribution in [3.63, 3.8) is 0 Å². The van der Waals surface area contributed by atoms with Crippen LogP contribution >= 0.6 is 0 Å². The Hall–Kier alpha value is -1.81. The van der Waals surface area contributed by atoms with Crippen LogP contribution in [-0.4, -0.2) is 40.2 Å². The average Bonchev–Trinajstić information content (AvgIpc) is 3.47. The lowest BCUT2D eigenvalue weighted by Gasteiger charge is -2.07. The van der Waals surface area contributed by atoms with Gasteiger partial charge >= 0.3 is 0 Å². The second kappa shape index (κ2) is 5.76. The first-order valence-electron chi connectivity index (χ1n) is 8.31. The number of nitrogens with zero attached hydrogens (tertiary/aromatic N) is 3. The van der Waals surface area contributed by atoms with Gasteiger partial charge in [-0.3, -0.25) is 4.90 Å². The molecule has 4 nitrogen and oxygen atoms in total. The molecule has 1 aromatic carbocycles. The van der Waals surface area contributed by atoms with Crippen molar-refractivity contribution < 1.29 is 4.74 Å². The topological polar surface area (TPSA) is 30.1 Å². The number of benzene rings is 1. The summed E-state index contributed by atoms with van der Waals surface area (Å²) in [5, 5.41) is 0. The molecule has 1 aliphatic heterocycles. The van der Waals surface area contributed by atoms with Gasteiger partial charge in [0.25, 0.3) is 0 Å². The third kappa shape index (κ3) is 3.17. The molecular weight excluding hydrogens is 274 g/mol. The fourth-order valence-corrected chi connectivity index (χ4v) is 2.83. The fraction of sp³-hybridized carbons (Fsp3) is 0.500. The summed E-state index contributed by atoms with van der Waals surface area (Å²) in [6, 6.07) is 8.92. The number of ether oxygens (including phenoxy) is 1. The molecule has 2 aliphatic rings. The molecule has 1 aliphatic carbocycles. The van der Waals surface area contributed by atoms with Gasteiger partial charge in [0.15, 0.2) is 0 Å². The molecule has 1 aromatic heterocycles. The van der Waals surface area contributed by atoms with E-state index >= 15 is 0 Å². The summed E-state index contributed by atoms with van der Waals surface area (Å²) in [6.07, 6.45) is 6.82. The van der Waals surface area contributed by atoms with Gasteiger partial charge in [-0.1, -0.05) is 0 Å². The van der Waals surface area contributed by atoms with Crippen LogP contribution in [-0.2, 0) is 6.54 Å². The zero-order valence-electron chi connectivity index (χ0n) is 13.1. The molecule has 0 amide bonds. The molecule has 0 spiro atoms. The van der Waals surface area contributed by atoms with E-state index < -0.39 is 0 Å². The zero-order valence-corrected chi connectivity index (χ0v) is 13.1. The Morgan fingerprint density at radius 3 is 2.73 bits per heavy atom. The maximum absolute atomic E-state index is 5.91. The quantitative estimate of drug-likeness (QED) is 0.736. The van der Waals surface area contributed by atoms with Gasteiger partial charge < -0.3 is 9.30 Å². The van der Waals surface area contributed by atoms with Crippen molar-refractivity contribution in [3.05, 3.63) is 36.8 Å². The first-order valence-corrected chi connectivity index (χ1v) is 8.31. The van der Waals surface area contributed by atoms with Gasteiger partial charge in [0, 0.05) is 31.4 Å². The third-order valence-electron chi connectivity index (χ3n) is 4.61. The number of rotatable bonds is 7. The minimum absolute atomic E-state index is 0.639. The third-order valence-corrected chi connectivity index (χ3v) is 4.61. The summed E-state index contributed by atoms with van der Waals surface area (Å²) in [7, 11) is 0. The smallest absolute Gasteiger partial charge is 0.119 e. The molecule has 4 rings (SSSR count). The summed E-state index contributed by atoms with van der Waals surface area (Å²) >= 11 is 0. The summed E-state index contributed by atoms with van der Waals surface area (Å²) in [5.41, 5.74) is 2.16. The highest BCUT2D eigenvalue weighted by Gasteiger charge is 2.38. The summed E-state index contributed by atoms with van der Waals surface area (Å²) in [4.78, 5) is 6.96. The fourth-order valence-electron chi connectivity index (χ4n) is 2.83. The minimum atomic E-state index is 0.639. The summed E-state index contributed by atoms with van der Waals surface area (Å²) < 4.78 is 8.00. The number of aryl methyl sites for hydroxylation is 1. The summed E-state index contributed by atoms with van der Waals surface area (Å²) in [5.74, 6) is 1.93. The Labute approximate surface area is 131 Å². The molecule has 2 aromatic rings. The van der Waals surface area contributed by atoms with Gasteiger partial charge in [-0.15, -0.1) is 0 Å². The standard InChI is InChI=1S/C18H23N3O/c1-2-20-11-18(19-13-20)15-5-7-17(8-6-15)22-12-16-10-21(16)9-14-3-4-14/h5-8,11,13-14,16H,2-4,9-10,12H2,1H3. The van der Waals surface area contributed by atoms with Crippen LogP contribution in [0.4, 0.5) is 0 Å². The molecule has 2 unspecified atom stereocenters. The second-order valence-electron chi connectivity index (χ2n) is 6.48. The van der Waals surface area contributed by atoms with Crippen molar-refractivity contribution in [1.29, 1.82) is 0 Å². The molecule has 116 valence electrons. The van der Waals surface area contributed by atoms with Crippen LogP contribution in [0.1, 0.15) is 19.8 Å². The van der Waals surface area contributed by atoms with E-state index in [1.807, 2.05) is 18.5 Å². The van der Waals surface area contributed by atoms with Gasteiger partial charge in [-0.2, -0.15) is 0 Å². The number of hydrogen-bond acceptors (Lipinski definition) is 3. The highest BCUT2D eigenvalue weighted by molar-refractivity contribution is 5.59. The first-order chi connectivity index (χ1) is 10.8. The lowest BCUT2D eigenvalue weighted by Crippen LogP contribution is -2.12. The van der Waals surface area contributed by atoms with E-state index in [0.717, 1.165) is 36.1 Å². The predicted molar refractivity (Wildman–Crippen MR) is 86.9 cm³/mol. The largest absolute Gasteiger partial charge is 0.492 e. The molecule has 0 radical (unpaired) electrons. The molecule has 2 fully saturated rings. The van der Waals surface area contributed by atoms with Crippen molar-refractivity contribution in [2.45, 2.75) is 32.4 Å². The van der Waals surface area contributed by atoms with Crippen LogP contribution in [0.5, 0.6) is 5.75 Å². The van der Waals surface area contributed by atoms with E-state index in [9.17, 15) is 0 Å². The Bertz CT molecular complexity index is 630. The Morgan fingerprint density at radius 1 is 1.23 bits per heavy atom. The molecule has 0 bridgehead atoms. The molecule has 2 heterocycles. The SMILES string of the molecule is CCn1cnc(-c2ccc(OCC3CN3CC3CC3)cc2)c1. The van der Waals surface area contributed by atoms with Crippen molar-refractivity contribution in [2.75, 3.05) is 19.7 Å². The number of hydrogen-bond donors (Lipinski definition) is 0.